The highest BCUT2D eigenvalue weighted by Gasteiger charge is 2.12. The van der Waals surface area contributed by atoms with Crippen molar-refractivity contribution in [2.45, 2.75) is 26.9 Å². The smallest absolute Gasteiger partial charge is 0.224 e. The molecule has 3 rings (SSSR count). The van der Waals surface area contributed by atoms with Crippen LogP contribution >= 0.6 is 0 Å². The number of aromatic nitrogens is 5. The molecule has 0 saturated heterocycles. The van der Waals surface area contributed by atoms with E-state index in [4.69, 9.17) is 0 Å². The molecule has 3 aromatic rings. The lowest BCUT2D eigenvalue weighted by Crippen LogP contribution is -2.07. The number of rotatable bonds is 5. The van der Waals surface area contributed by atoms with E-state index in [1.165, 1.54) is 16.8 Å². The van der Waals surface area contributed by atoms with E-state index in [0.717, 1.165) is 18.2 Å². The highest BCUT2D eigenvalue weighted by atomic mass is 15.3. The van der Waals surface area contributed by atoms with Crippen LogP contribution < -0.4 is 5.32 Å². The molecule has 0 atom stereocenters. The molecule has 0 spiro atoms. The van der Waals surface area contributed by atoms with Crippen LogP contribution in [0.4, 0.5) is 5.95 Å². The van der Waals surface area contributed by atoms with E-state index >= 15 is 0 Å². The van der Waals surface area contributed by atoms with Gasteiger partial charge in [0.05, 0.1) is 12.2 Å². The summed E-state index contributed by atoms with van der Waals surface area (Å²) >= 11 is 0. The topological polar surface area (TPSA) is 60.6 Å². The predicted octanol–water partition coefficient (Wildman–Crippen LogP) is 2.29. The van der Waals surface area contributed by atoms with Crippen molar-refractivity contribution in [3.8, 4) is 0 Å². The van der Waals surface area contributed by atoms with Gasteiger partial charge in [-0.25, -0.2) is 0 Å². The van der Waals surface area contributed by atoms with Crippen LogP contribution in [0.3, 0.4) is 0 Å². The number of aryl methyl sites for hydroxylation is 2. The van der Waals surface area contributed by atoms with Gasteiger partial charge in [-0.05, 0) is 19.4 Å². The van der Waals surface area contributed by atoms with Gasteiger partial charge < -0.3 is 9.88 Å². The van der Waals surface area contributed by atoms with Crippen LogP contribution in [0.15, 0.2) is 36.7 Å². The standard InChI is InChI=1S/C16H20N6/c1-12-15(9-17-16-19-18-11-21(16)3)13(2)22(20-12)10-14-7-5-4-6-8-14/h4-8,11H,9-10H2,1-3H3,(H,17,19). The van der Waals surface area contributed by atoms with E-state index in [0.29, 0.717) is 6.54 Å². The lowest BCUT2D eigenvalue weighted by atomic mass is 10.2. The molecule has 0 unspecified atom stereocenters. The third-order valence-electron chi connectivity index (χ3n) is 3.84. The average molecular weight is 296 g/mol. The molecule has 0 saturated carbocycles. The van der Waals surface area contributed by atoms with E-state index in [9.17, 15) is 0 Å². The molecule has 22 heavy (non-hydrogen) atoms. The fourth-order valence-electron chi connectivity index (χ4n) is 2.51. The normalized spacial score (nSPS) is 10.9. The van der Waals surface area contributed by atoms with Crippen molar-refractivity contribution in [1.29, 1.82) is 0 Å². The van der Waals surface area contributed by atoms with Gasteiger partial charge in [-0.3, -0.25) is 4.68 Å². The molecular formula is C16H20N6. The van der Waals surface area contributed by atoms with Gasteiger partial charge in [0.15, 0.2) is 0 Å². The molecule has 0 aliphatic rings. The first-order valence-corrected chi connectivity index (χ1v) is 7.30. The van der Waals surface area contributed by atoms with Gasteiger partial charge in [-0.2, -0.15) is 5.10 Å². The summed E-state index contributed by atoms with van der Waals surface area (Å²) in [5.74, 6) is 0.759. The summed E-state index contributed by atoms with van der Waals surface area (Å²) in [5.41, 5.74) is 4.68. The van der Waals surface area contributed by atoms with Crippen LogP contribution in [0.2, 0.25) is 0 Å². The average Bonchev–Trinajstić information content (AvgIpc) is 3.03. The van der Waals surface area contributed by atoms with Crippen LogP contribution in [0.1, 0.15) is 22.5 Å². The summed E-state index contributed by atoms with van der Waals surface area (Å²) in [6, 6.07) is 10.4. The van der Waals surface area contributed by atoms with Crippen molar-refractivity contribution in [3.63, 3.8) is 0 Å². The number of anilines is 1. The minimum atomic E-state index is 0.693. The van der Waals surface area contributed by atoms with Crippen molar-refractivity contribution in [3.05, 3.63) is 59.2 Å². The molecule has 2 heterocycles. The molecule has 6 heteroatoms. The summed E-state index contributed by atoms with van der Waals surface area (Å²) in [6.45, 7) is 5.63. The predicted molar refractivity (Wildman–Crippen MR) is 85.6 cm³/mol. The third-order valence-corrected chi connectivity index (χ3v) is 3.84. The quantitative estimate of drug-likeness (QED) is 0.785. The number of nitrogens with one attached hydrogen (secondary N) is 1. The Morgan fingerprint density at radius 2 is 1.91 bits per heavy atom. The second-order valence-electron chi connectivity index (χ2n) is 5.41. The second kappa shape index (κ2) is 6.01. The third kappa shape index (κ3) is 2.86. The minimum absolute atomic E-state index is 0.693. The van der Waals surface area contributed by atoms with Gasteiger partial charge in [0.1, 0.15) is 6.33 Å². The Bertz CT molecular complexity index is 756. The largest absolute Gasteiger partial charge is 0.350 e. The maximum absolute atomic E-state index is 4.66. The summed E-state index contributed by atoms with van der Waals surface area (Å²) < 4.78 is 3.91. The summed E-state index contributed by atoms with van der Waals surface area (Å²) in [4.78, 5) is 0. The van der Waals surface area contributed by atoms with Crippen molar-refractivity contribution in [2.75, 3.05) is 5.32 Å². The monoisotopic (exact) mass is 296 g/mol. The molecule has 0 aliphatic carbocycles. The first-order valence-electron chi connectivity index (χ1n) is 7.30. The Morgan fingerprint density at radius 3 is 2.59 bits per heavy atom. The van der Waals surface area contributed by atoms with E-state index in [1.54, 1.807) is 6.33 Å². The van der Waals surface area contributed by atoms with Crippen molar-refractivity contribution >= 4 is 5.95 Å². The number of nitrogens with zero attached hydrogens (tertiary/aromatic N) is 5. The summed E-state index contributed by atoms with van der Waals surface area (Å²) in [5, 5.41) is 15.9. The fraction of sp³-hybridized carbons (Fsp3) is 0.312. The Hall–Kier alpha value is -2.63. The molecule has 2 aromatic heterocycles. The van der Waals surface area contributed by atoms with E-state index < -0.39 is 0 Å². The van der Waals surface area contributed by atoms with Gasteiger partial charge in [-0.1, -0.05) is 30.3 Å². The molecule has 114 valence electrons. The summed E-state index contributed by atoms with van der Waals surface area (Å²) in [7, 11) is 1.92. The van der Waals surface area contributed by atoms with Crippen molar-refractivity contribution in [2.24, 2.45) is 7.05 Å². The molecule has 1 N–H and O–H groups in total. The van der Waals surface area contributed by atoms with Crippen LogP contribution in [-0.4, -0.2) is 24.5 Å². The Balaban J connectivity index is 1.77. The zero-order valence-corrected chi connectivity index (χ0v) is 13.1. The fourth-order valence-corrected chi connectivity index (χ4v) is 2.51. The number of benzene rings is 1. The molecule has 0 fully saturated rings. The van der Waals surface area contributed by atoms with Crippen molar-refractivity contribution < 1.29 is 0 Å². The molecular weight excluding hydrogens is 276 g/mol. The highest BCUT2D eigenvalue weighted by molar-refractivity contribution is 5.32. The van der Waals surface area contributed by atoms with Crippen LogP contribution in [0, 0.1) is 13.8 Å². The van der Waals surface area contributed by atoms with Gasteiger partial charge in [0.25, 0.3) is 0 Å². The zero-order valence-electron chi connectivity index (χ0n) is 13.1. The lowest BCUT2D eigenvalue weighted by molar-refractivity contribution is 0.658. The maximum Gasteiger partial charge on any atom is 0.224 e. The van der Waals surface area contributed by atoms with Gasteiger partial charge >= 0.3 is 0 Å². The van der Waals surface area contributed by atoms with Crippen LogP contribution in [0.5, 0.6) is 0 Å². The number of hydrogen-bond donors (Lipinski definition) is 1. The van der Waals surface area contributed by atoms with Gasteiger partial charge in [-0.15, -0.1) is 10.2 Å². The zero-order chi connectivity index (χ0) is 15.5. The van der Waals surface area contributed by atoms with E-state index in [-0.39, 0.29) is 0 Å². The van der Waals surface area contributed by atoms with E-state index in [1.807, 2.05) is 24.6 Å². The Labute approximate surface area is 129 Å². The second-order valence-corrected chi connectivity index (χ2v) is 5.41. The maximum atomic E-state index is 4.66. The Kier molecular flexibility index (Phi) is 3.91. The van der Waals surface area contributed by atoms with Crippen LogP contribution in [0.25, 0.3) is 0 Å². The Morgan fingerprint density at radius 1 is 1.14 bits per heavy atom. The van der Waals surface area contributed by atoms with Crippen LogP contribution in [-0.2, 0) is 20.1 Å². The lowest BCUT2D eigenvalue weighted by Gasteiger charge is -2.07. The van der Waals surface area contributed by atoms with E-state index in [2.05, 4.69) is 56.5 Å². The van der Waals surface area contributed by atoms with Gasteiger partial charge in [0, 0.05) is 24.8 Å². The molecule has 0 bridgehead atoms. The minimum Gasteiger partial charge on any atom is -0.350 e. The molecule has 0 radical (unpaired) electrons. The van der Waals surface area contributed by atoms with Crippen molar-refractivity contribution in [1.82, 2.24) is 24.5 Å². The van der Waals surface area contributed by atoms with Gasteiger partial charge in [0.2, 0.25) is 5.95 Å². The molecule has 1 aromatic carbocycles. The summed E-state index contributed by atoms with van der Waals surface area (Å²) in [6.07, 6.45) is 1.68. The first-order chi connectivity index (χ1) is 10.6. The first kappa shape index (κ1) is 14.3. The molecule has 0 amide bonds. The molecule has 6 nitrogen and oxygen atoms in total. The molecule has 0 aliphatic heterocycles. The number of hydrogen-bond acceptors (Lipinski definition) is 4. The highest BCUT2D eigenvalue weighted by Crippen LogP contribution is 2.16. The SMILES string of the molecule is Cc1nn(Cc2ccccc2)c(C)c1CNc1nncn1C.